The Morgan fingerprint density at radius 3 is 3.12 bits per heavy atom. The first-order chi connectivity index (χ1) is 8.38. The van der Waals surface area contributed by atoms with Gasteiger partial charge >= 0.3 is 0 Å². The third-order valence-corrected chi connectivity index (χ3v) is 3.98. The van der Waals surface area contributed by atoms with Gasteiger partial charge in [-0.2, -0.15) is 0 Å². The molecule has 2 nitrogen and oxygen atoms in total. The Hall–Kier alpha value is -1.28. The third-order valence-electron chi connectivity index (χ3n) is 3.98. The molecule has 0 bridgehead atoms. The molecule has 1 aliphatic heterocycles. The van der Waals surface area contributed by atoms with Crippen LogP contribution in [-0.4, -0.2) is 23.0 Å². The van der Waals surface area contributed by atoms with Gasteiger partial charge in [-0.25, -0.2) is 0 Å². The summed E-state index contributed by atoms with van der Waals surface area (Å²) in [7, 11) is 0. The van der Waals surface area contributed by atoms with E-state index in [0.29, 0.717) is 6.04 Å². The first kappa shape index (κ1) is 10.8. The van der Waals surface area contributed by atoms with Crippen molar-refractivity contribution in [3.63, 3.8) is 0 Å². The van der Waals surface area contributed by atoms with E-state index in [4.69, 9.17) is 0 Å². The van der Waals surface area contributed by atoms with E-state index in [-0.39, 0.29) is 0 Å². The van der Waals surface area contributed by atoms with Crippen molar-refractivity contribution in [2.24, 2.45) is 0 Å². The first-order valence-electron chi connectivity index (χ1n) is 6.69. The molecule has 17 heavy (non-hydrogen) atoms. The third kappa shape index (κ3) is 1.98. The Kier molecular flexibility index (Phi) is 2.89. The lowest BCUT2D eigenvalue weighted by Crippen LogP contribution is -2.33. The maximum absolute atomic E-state index is 3.26. The average Bonchev–Trinajstić information content (AvgIpc) is 2.85. The predicted molar refractivity (Wildman–Crippen MR) is 72.1 cm³/mol. The zero-order valence-electron chi connectivity index (χ0n) is 10.4. The standard InChI is InChI=1S/C15H20N2/c1-2-17-10-4-3-5-15(17)13-6-7-14-12(11-13)8-9-16-14/h6-9,11,15-16H,2-5,10H2,1H3/t15-/m1/s1. The van der Waals surface area contributed by atoms with Gasteiger partial charge in [-0.3, -0.25) is 4.90 Å². The molecule has 2 heteroatoms. The number of nitrogens with one attached hydrogen (secondary N) is 1. The number of benzene rings is 1. The molecule has 1 N–H and O–H groups in total. The molecule has 0 saturated carbocycles. The SMILES string of the molecule is CCN1CCCC[C@@H]1c1ccc2[nH]ccc2c1. The average molecular weight is 228 g/mol. The van der Waals surface area contributed by atoms with E-state index in [9.17, 15) is 0 Å². The lowest BCUT2D eigenvalue weighted by Gasteiger charge is -2.35. The van der Waals surface area contributed by atoms with Crippen LogP contribution in [0.2, 0.25) is 0 Å². The molecule has 1 fully saturated rings. The monoisotopic (exact) mass is 228 g/mol. The van der Waals surface area contributed by atoms with Gasteiger partial charge in [0.2, 0.25) is 0 Å². The second-order valence-corrected chi connectivity index (χ2v) is 4.96. The fourth-order valence-corrected chi connectivity index (χ4v) is 3.03. The van der Waals surface area contributed by atoms with Crippen LogP contribution in [0.1, 0.15) is 37.8 Å². The summed E-state index contributed by atoms with van der Waals surface area (Å²) in [5, 5.41) is 1.34. The summed E-state index contributed by atoms with van der Waals surface area (Å²) in [6, 6.07) is 9.65. The van der Waals surface area contributed by atoms with Gasteiger partial charge in [-0.1, -0.05) is 19.4 Å². The number of hydrogen-bond acceptors (Lipinski definition) is 1. The molecule has 3 rings (SSSR count). The minimum atomic E-state index is 0.632. The highest BCUT2D eigenvalue weighted by molar-refractivity contribution is 5.80. The number of fused-ring (bicyclic) bond motifs is 1. The summed E-state index contributed by atoms with van der Waals surface area (Å²) in [4.78, 5) is 5.87. The quantitative estimate of drug-likeness (QED) is 0.830. The van der Waals surface area contributed by atoms with Gasteiger partial charge in [0.15, 0.2) is 0 Å². The van der Waals surface area contributed by atoms with E-state index in [1.165, 1.54) is 42.3 Å². The van der Waals surface area contributed by atoms with E-state index in [1.807, 2.05) is 6.20 Å². The molecule has 90 valence electrons. The maximum Gasteiger partial charge on any atom is 0.0454 e. The molecule has 2 aromatic rings. The molecule has 0 radical (unpaired) electrons. The van der Waals surface area contributed by atoms with Crippen LogP contribution in [0.5, 0.6) is 0 Å². The highest BCUT2D eigenvalue weighted by Gasteiger charge is 2.22. The van der Waals surface area contributed by atoms with Crippen molar-refractivity contribution < 1.29 is 0 Å². The fourth-order valence-electron chi connectivity index (χ4n) is 3.03. The zero-order chi connectivity index (χ0) is 11.7. The summed E-state index contributed by atoms with van der Waals surface area (Å²) in [6.45, 7) is 4.69. The number of piperidine rings is 1. The second-order valence-electron chi connectivity index (χ2n) is 4.96. The number of likely N-dealkylation sites (tertiary alicyclic amines) is 1. The Balaban J connectivity index is 1.95. The summed E-state index contributed by atoms with van der Waals surface area (Å²) in [5.74, 6) is 0. The molecule has 1 atom stereocenters. The van der Waals surface area contributed by atoms with Crippen LogP contribution < -0.4 is 0 Å². The Morgan fingerprint density at radius 1 is 1.29 bits per heavy atom. The van der Waals surface area contributed by atoms with Crippen molar-refractivity contribution in [1.82, 2.24) is 9.88 Å². The van der Waals surface area contributed by atoms with Crippen LogP contribution >= 0.6 is 0 Å². The molecule has 0 amide bonds. The number of rotatable bonds is 2. The smallest absolute Gasteiger partial charge is 0.0454 e. The Morgan fingerprint density at radius 2 is 2.24 bits per heavy atom. The number of aromatic nitrogens is 1. The van der Waals surface area contributed by atoms with Crippen molar-refractivity contribution in [2.45, 2.75) is 32.2 Å². The summed E-state index contributed by atoms with van der Waals surface area (Å²) in [5.41, 5.74) is 2.73. The Labute approximate surface area is 103 Å². The fraction of sp³-hybridized carbons (Fsp3) is 0.467. The molecule has 2 heterocycles. The van der Waals surface area contributed by atoms with E-state index in [0.717, 1.165) is 6.54 Å². The van der Waals surface area contributed by atoms with Crippen LogP contribution in [0, 0.1) is 0 Å². The number of hydrogen-bond donors (Lipinski definition) is 1. The van der Waals surface area contributed by atoms with E-state index < -0.39 is 0 Å². The van der Waals surface area contributed by atoms with Crippen molar-refractivity contribution in [1.29, 1.82) is 0 Å². The van der Waals surface area contributed by atoms with Gasteiger partial charge in [0.05, 0.1) is 0 Å². The lowest BCUT2D eigenvalue weighted by molar-refractivity contribution is 0.157. The van der Waals surface area contributed by atoms with E-state index >= 15 is 0 Å². The lowest BCUT2D eigenvalue weighted by atomic mass is 9.94. The highest BCUT2D eigenvalue weighted by Crippen LogP contribution is 2.31. The maximum atomic E-state index is 3.26. The van der Waals surface area contributed by atoms with Gasteiger partial charge in [0, 0.05) is 17.8 Å². The molecule has 0 spiro atoms. The largest absolute Gasteiger partial charge is 0.361 e. The Bertz CT molecular complexity index is 500. The molecule has 1 aromatic carbocycles. The molecule has 0 aliphatic carbocycles. The minimum Gasteiger partial charge on any atom is -0.361 e. The van der Waals surface area contributed by atoms with Gasteiger partial charge < -0.3 is 4.98 Å². The van der Waals surface area contributed by atoms with Crippen LogP contribution in [0.15, 0.2) is 30.5 Å². The topological polar surface area (TPSA) is 19.0 Å². The van der Waals surface area contributed by atoms with Crippen molar-refractivity contribution in [3.05, 3.63) is 36.0 Å². The summed E-state index contributed by atoms with van der Waals surface area (Å²) < 4.78 is 0. The van der Waals surface area contributed by atoms with Crippen molar-refractivity contribution in [2.75, 3.05) is 13.1 Å². The zero-order valence-corrected chi connectivity index (χ0v) is 10.4. The van der Waals surface area contributed by atoms with E-state index in [2.05, 4.69) is 41.1 Å². The number of H-pyrrole nitrogens is 1. The normalized spacial score (nSPS) is 22.1. The minimum absolute atomic E-state index is 0.632. The van der Waals surface area contributed by atoms with E-state index in [1.54, 1.807) is 0 Å². The first-order valence-corrected chi connectivity index (χ1v) is 6.69. The molecular weight excluding hydrogens is 208 g/mol. The molecule has 1 aromatic heterocycles. The van der Waals surface area contributed by atoms with Crippen molar-refractivity contribution >= 4 is 10.9 Å². The van der Waals surface area contributed by atoms with Gasteiger partial charge in [-0.05, 0) is 55.1 Å². The van der Waals surface area contributed by atoms with Crippen LogP contribution in [0.25, 0.3) is 10.9 Å². The highest BCUT2D eigenvalue weighted by atomic mass is 15.2. The number of nitrogens with zero attached hydrogens (tertiary/aromatic N) is 1. The van der Waals surface area contributed by atoms with Gasteiger partial charge in [-0.15, -0.1) is 0 Å². The summed E-state index contributed by atoms with van der Waals surface area (Å²) >= 11 is 0. The molecule has 0 unspecified atom stereocenters. The van der Waals surface area contributed by atoms with Crippen LogP contribution in [0.4, 0.5) is 0 Å². The van der Waals surface area contributed by atoms with Gasteiger partial charge in [0.1, 0.15) is 0 Å². The summed E-state index contributed by atoms with van der Waals surface area (Å²) in [6.07, 6.45) is 6.06. The predicted octanol–water partition coefficient (Wildman–Crippen LogP) is 3.71. The number of aromatic amines is 1. The van der Waals surface area contributed by atoms with Crippen molar-refractivity contribution in [3.8, 4) is 0 Å². The van der Waals surface area contributed by atoms with Crippen LogP contribution in [-0.2, 0) is 0 Å². The molecular formula is C15H20N2. The van der Waals surface area contributed by atoms with Gasteiger partial charge in [0.25, 0.3) is 0 Å². The second kappa shape index (κ2) is 4.53. The molecule has 1 aliphatic rings. The molecule has 1 saturated heterocycles. The van der Waals surface area contributed by atoms with Crippen LogP contribution in [0.3, 0.4) is 0 Å².